The smallest absolute Gasteiger partial charge is 0.224 e. The van der Waals surface area contributed by atoms with E-state index in [1.54, 1.807) is 0 Å². The monoisotopic (exact) mass is 320 g/mol. The molecule has 1 aliphatic carbocycles. The maximum Gasteiger partial charge on any atom is 0.224 e. The average molecular weight is 321 g/mol. The van der Waals surface area contributed by atoms with Crippen molar-refractivity contribution < 1.29 is 4.39 Å². The first-order valence-electron chi connectivity index (χ1n) is 7.39. The Kier molecular flexibility index (Phi) is 4.55. The molecule has 1 heterocycles. The molecule has 2 aromatic rings. The highest BCUT2D eigenvalue weighted by Gasteiger charge is 2.29. The van der Waals surface area contributed by atoms with Gasteiger partial charge in [-0.15, -0.1) is 0 Å². The standard InChI is InChI=1S/C16H18ClFN4/c1-19-8-9-20-15-13-7-6-12(14(13)21-16(17)22-15)10-2-4-11(18)5-3-10/h2-5,12,19H,6-9H2,1H3,(H,20,21,22). The van der Waals surface area contributed by atoms with E-state index in [2.05, 4.69) is 20.6 Å². The minimum absolute atomic E-state index is 0.154. The number of benzene rings is 1. The summed E-state index contributed by atoms with van der Waals surface area (Å²) in [5.74, 6) is 0.743. The summed E-state index contributed by atoms with van der Waals surface area (Å²) in [6.07, 6.45) is 1.84. The lowest BCUT2D eigenvalue weighted by atomic mass is 9.97. The van der Waals surface area contributed by atoms with Gasteiger partial charge in [-0.2, -0.15) is 0 Å². The van der Waals surface area contributed by atoms with E-state index in [0.29, 0.717) is 0 Å². The fourth-order valence-corrected chi connectivity index (χ4v) is 3.08. The topological polar surface area (TPSA) is 49.8 Å². The van der Waals surface area contributed by atoms with Gasteiger partial charge in [0, 0.05) is 24.6 Å². The molecule has 0 aliphatic heterocycles. The van der Waals surface area contributed by atoms with Crippen LogP contribution in [0.25, 0.3) is 0 Å². The number of fused-ring (bicyclic) bond motifs is 1. The number of anilines is 1. The molecule has 1 atom stereocenters. The minimum Gasteiger partial charge on any atom is -0.368 e. The van der Waals surface area contributed by atoms with Gasteiger partial charge in [0.05, 0.1) is 5.69 Å². The Bertz CT molecular complexity index is 660. The predicted molar refractivity (Wildman–Crippen MR) is 86.0 cm³/mol. The molecular formula is C16H18ClFN4. The molecule has 0 spiro atoms. The van der Waals surface area contributed by atoms with E-state index in [9.17, 15) is 4.39 Å². The second-order valence-corrected chi connectivity index (χ2v) is 5.72. The maximum absolute atomic E-state index is 13.1. The molecule has 0 saturated carbocycles. The van der Waals surface area contributed by atoms with Gasteiger partial charge in [0.1, 0.15) is 11.6 Å². The van der Waals surface area contributed by atoms with E-state index in [-0.39, 0.29) is 17.0 Å². The summed E-state index contributed by atoms with van der Waals surface area (Å²) >= 11 is 6.08. The van der Waals surface area contributed by atoms with Crippen LogP contribution in [0, 0.1) is 5.82 Å². The Morgan fingerprint density at radius 1 is 1.23 bits per heavy atom. The SMILES string of the molecule is CNCCNc1nc(Cl)nc2c1CCC2c1ccc(F)cc1. The molecule has 116 valence electrons. The highest BCUT2D eigenvalue weighted by Crippen LogP contribution is 2.40. The second-order valence-electron chi connectivity index (χ2n) is 5.38. The lowest BCUT2D eigenvalue weighted by molar-refractivity contribution is 0.625. The van der Waals surface area contributed by atoms with Crippen LogP contribution in [0.4, 0.5) is 10.2 Å². The van der Waals surface area contributed by atoms with Crippen LogP contribution < -0.4 is 10.6 Å². The molecule has 4 nitrogen and oxygen atoms in total. The van der Waals surface area contributed by atoms with Gasteiger partial charge < -0.3 is 10.6 Å². The highest BCUT2D eigenvalue weighted by molar-refractivity contribution is 6.28. The molecule has 0 fully saturated rings. The molecule has 3 rings (SSSR count). The number of rotatable bonds is 5. The number of aromatic nitrogens is 2. The fourth-order valence-electron chi connectivity index (χ4n) is 2.90. The van der Waals surface area contributed by atoms with Gasteiger partial charge in [-0.25, -0.2) is 14.4 Å². The van der Waals surface area contributed by atoms with Crippen LogP contribution in [0.15, 0.2) is 24.3 Å². The van der Waals surface area contributed by atoms with Crippen LogP contribution >= 0.6 is 11.6 Å². The summed E-state index contributed by atoms with van der Waals surface area (Å²) < 4.78 is 13.1. The molecule has 6 heteroatoms. The van der Waals surface area contributed by atoms with Crippen molar-refractivity contribution in [2.45, 2.75) is 18.8 Å². The molecule has 0 saturated heterocycles. The molecule has 0 radical (unpaired) electrons. The lowest BCUT2D eigenvalue weighted by Gasteiger charge is -2.13. The highest BCUT2D eigenvalue weighted by atomic mass is 35.5. The Hall–Kier alpha value is -1.72. The van der Waals surface area contributed by atoms with Crippen LogP contribution in [-0.4, -0.2) is 30.1 Å². The lowest BCUT2D eigenvalue weighted by Crippen LogP contribution is -2.19. The summed E-state index contributed by atoms with van der Waals surface area (Å²) in [4.78, 5) is 8.74. The zero-order valence-electron chi connectivity index (χ0n) is 12.4. The molecule has 0 bridgehead atoms. The molecule has 1 aliphatic rings. The molecule has 1 aromatic heterocycles. The molecule has 1 unspecified atom stereocenters. The van der Waals surface area contributed by atoms with Crippen molar-refractivity contribution in [3.05, 3.63) is 52.2 Å². The first-order valence-corrected chi connectivity index (χ1v) is 7.77. The van der Waals surface area contributed by atoms with E-state index >= 15 is 0 Å². The van der Waals surface area contributed by atoms with Gasteiger partial charge in [0.2, 0.25) is 5.28 Å². The van der Waals surface area contributed by atoms with Gasteiger partial charge in [-0.3, -0.25) is 0 Å². The Labute approximate surface area is 134 Å². The minimum atomic E-state index is -0.225. The molecule has 1 aromatic carbocycles. The number of hydrogen-bond donors (Lipinski definition) is 2. The summed E-state index contributed by atoms with van der Waals surface area (Å²) in [7, 11) is 1.91. The van der Waals surface area contributed by atoms with Crippen LogP contribution in [0.1, 0.15) is 29.2 Å². The first kappa shape index (κ1) is 15.2. The summed E-state index contributed by atoms with van der Waals surface area (Å²) in [6, 6.07) is 6.61. The Balaban J connectivity index is 1.91. The van der Waals surface area contributed by atoms with Gasteiger partial charge >= 0.3 is 0 Å². The summed E-state index contributed by atoms with van der Waals surface area (Å²) in [6.45, 7) is 1.62. The average Bonchev–Trinajstić information content (AvgIpc) is 2.92. The van der Waals surface area contributed by atoms with E-state index < -0.39 is 0 Å². The van der Waals surface area contributed by atoms with E-state index in [0.717, 1.165) is 48.6 Å². The van der Waals surface area contributed by atoms with E-state index in [1.807, 2.05) is 19.2 Å². The Morgan fingerprint density at radius 2 is 2.00 bits per heavy atom. The van der Waals surface area contributed by atoms with Crippen LogP contribution in [-0.2, 0) is 6.42 Å². The van der Waals surface area contributed by atoms with Crippen molar-refractivity contribution in [1.82, 2.24) is 15.3 Å². The number of nitrogens with one attached hydrogen (secondary N) is 2. The van der Waals surface area contributed by atoms with Crippen molar-refractivity contribution in [2.75, 3.05) is 25.5 Å². The van der Waals surface area contributed by atoms with Gasteiger partial charge in [0.15, 0.2) is 0 Å². The normalized spacial score (nSPS) is 16.6. The molecule has 22 heavy (non-hydrogen) atoms. The third-order valence-electron chi connectivity index (χ3n) is 3.96. The van der Waals surface area contributed by atoms with E-state index in [1.165, 1.54) is 12.1 Å². The molecular weight excluding hydrogens is 303 g/mol. The molecule has 0 amide bonds. The van der Waals surface area contributed by atoms with Gasteiger partial charge in [-0.05, 0) is 49.2 Å². The summed E-state index contributed by atoms with van der Waals surface area (Å²) in [5.41, 5.74) is 3.14. The third-order valence-corrected chi connectivity index (χ3v) is 4.13. The fraction of sp³-hybridized carbons (Fsp3) is 0.375. The van der Waals surface area contributed by atoms with Crippen LogP contribution in [0.3, 0.4) is 0 Å². The maximum atomic E-state index is 13.1. The number of likely N-dealkylation sites (N-methyl/N-ethyl adjacent to an activating group) is 1. The van der Waals surface area contributed by atoms with Crippen molar-refractivity contribution in [1.29, 1.82) is 0 Å². The quantitative estimate of drug-likeness (QED) is 0.657. The van der Waals surface area contributed by atoms with Crippen molar-refractivity contribution in [3.8, 4) is 0 Å². The van der Waals surface area contributed by atoms with Gasteiger partial charge in [0.25, 0.3) is 0 Å². The van der Waals surface area contributed by atoms with Crippen LogP contribution in [0.5, 0.6) is 0 Å². The zero-order chi connectivity index (χ0) is 15.5. The summed E-state index contributed by atoms with van der Waals surface area (Å²) in [5, 5.41) is 6.65. The van der Waals surface area contributed by atoms with Crippen molar-refractivity contribution in [2.24, 2.45) is 0 Å². The number of nitrogens with zero attached hydrogens (tertiary/aromatic N) is 2. The van der Waals surface area contributed by atoms with E-state index in [4.69, 9.17) is 11.6 Å². The van der Waals surface area contributed by atoms with Crippen molar-refractivity contribution in [3.63, 3.8) is 0 Å². The van der Waals surface area contributed by atoms with Crippen molar-refractivity contribution >= 4 is 17.4 Å². The zero-order valence-corrected chi connectivity index (χ0v) is 13.1. The number of hydrogen-bond acceptors (Lipinski definition) is 4. The largest absolute Gasteiger partial charge is 0.368 e. The number of halogens is 2. The third kappa shape index (κ3) is 3.05. The Morgan fingerprint density at radius 3 is 2.73 bits per heavy atom. The van der Waals surface area contributed by atoms with Crippen LogP contribution in [0.2, 0.25) is 5.28 Å². The second kappa shape index (κ2) is 6.58. The molecule has 2 N–H and O–H groups in total. The van der Waals surface area contributed by atoms with Gasteiger partial charge in [-0.1, -0.05) is 12.1 Å². The first-order chi connectivity index (χ1) is 10.7. The predicted octanol–water partition coefficient (Wildman–Crippen LogP) is 2.98.